The number of aromatic nitrogens is 4. The van der Waals surface area contributed by atoms with Crippen LogP contribution in [0.4, 0.5) is 0 Å². The maximum atomic E-state index is 12.8. The molecular formula is C18H23N5OS. The highest BCUT2D eigenvalue weighted by molar-refractivity contribution is 7.11. The molecular weight excluding hydrogens is 334 g/mol. The van der Waals surface area contributed by atoms with E-state index in [9.17, 15) is 4.79 Å². The molecule has 1 N–H and O–H groups in total. The highest BCUT2D eigenvalue weighted by Gasteiger charge is 2.23. The molecule has 0 aliphatic heterocycles. The molecule has 0 unspecified atom stereocenters. The molecule has 7 heteroatoms. The maximum Gasteiger partial charge on any atom is 0.243 e. The third kappa shape index (κ3) is 3.71. The lowest BCUT2D eigenvalue weighted by Gasteiger charge is -2.19. The zero-order valence-electron chi connectivity index (χ0n) is 14.8. The number of fused-ring (bicyclic) bond motifs is 1. The lowest BCUT2D eigenvalue weighted by atomic mass is 10.2. The molecule has 132 valence electrons. The molecule has 1 atom stereocenters. The standard InChI is InChI=1S/C18H23N5OS/c1-4-14(18(24)19-11-10-17-22-21-12(3)25-17)23-15-9-7-6-8-13(15)20-16(23)5-2/h6-9,14H,4-5,10-11H2,1-3H3,(H,19,24)/t14-/m1/s1. The molecule has 2 aromatic heterocycles. The lowest BCUT2D eigenvalue weighted by Crippen LogP contribution is -2.34. The predicted octanol–water partition coefficient (Wildman–Crippen LogP) is 3.07. The number of amides is 1. The fourth-order valence-electron chi connectivity index (χ4n) is 3.03. The van der Waals surface area contributed by atoms with Crippen molar-refractivity contribution in [3.63, 3.8) is 0 Å². The number of benzene rings is 1. The van der Waals surface area contributed by atoms with Crippen molar-refractivity contribution in [2.75, 3.05) is 6.54 Å². The van der Waals surface area contributed by atoms with E-state index in [0.717, 1.165) is 39.7 Å². The van der Waals surface area contributed by atoms with Gasteiger partial charge in [-0.2, -0.15) is 0 Å². The Morgan fingerprint density at radius 3 is 2.76 bits per heavy atom. The van der Waals surface area contributed by atoms with Gasteiger partial charge < -0.3 is 9.88 Å². The second-order valence-corrected chi connectivity index (χ2v) is 7.19. The van der Waals surface area contributed by atoms with Gasteiger partial charge in [0.05, 0.1) is 11.0 Å². The lowest BCUT2D eigenvalue weighted by molar-refractivity contribution is -0.124. The zero-order chi connectivity index (χ0) is 17.8. The molecule has 0 saturated carbocycles. The summed E-state index contributed by atoms with van der Waals surface area (Å²) in [5.74, 6) is 0.976. The van der Waals surface area contributed by atoms with Crippen LogP contribution in [0.15, 0.2) is 24.3 Å². The molecule has 3 aromatic rings. The van der Waals surface area contributed by atoms with Gasteiger partial charge in [-0.3, -0.25) is 4.79 Å². The normalized spacial score (nSPS) is 12.4. The van der Waals surface area contributed by atoms with Gasteiger partial charge in [-0.1, -0.05) is 26.0 Å². The Labute approximate surface area is 151 Å². The van der Waals surface area contributed by atoms with Crippen molar-refractivity contribution in [1.29, 1.82) is 0 Å². The van der Waals surface area contributed by atoms with Crippen molar-refractivity contribution < 1.29 is 4.79 Å². The summed E-state index contributed by atoms with van der Waals surface area (Å²) in [5, 5.41) is 13.1. The summed E-state index contributed by atoms with van der Waals surface area (Å²) >= 11 is 1.57. The Morgan fingerprint density at radius 1 is 1.28 bits per heavy atom. The van der Waals surface area contributed by atoms with Crippen molar-refractivity contribution >= 4 is 28.3 Å². The largest absolute Gasteiger partial charge is 0.354 e. The first kappa shape index (κ1) is 17.5. The first-order valence-corrected chi connectivity index (χ1v) is 9.48. The van der Waals surface area contributed by atoms with E-state index in [1.165, 1.54) is 0 Å². The van der Waals surface area contributed by atoms with E-state index in [2.05, 4.69) is 32.0 Å². The summed E-state index contributed by atoms with van der Waals surface area (Å²) in [4.78, 5) is 17.5. The molecule has 1 amide bonds. The van der Waals surface area contributed by atoms with E-state index in [4.69, 9.17) is 0 Å². The van der Waals surface area contributed by atoms with Gasteiger partial charge in [0, 0.05) is 19.4 Å². The monoisotopic (exact) mass is 357 g/mol. The van der Waals surface area contributed by atoms with E-state index >= 15 is 0 Å². The molecule has 0 aliphatic rings. The van der Waals surface area contributed by atoms with Crippen LogP contribution in [0.1, 0.15) is 42.1 Å². The number of rotatable bonds is 7. The van der Waals surface area contributed by atoms with Crippen LogP contribution in [0, 0.1) is 6.92 Å². The van der Waals surface area contributed by atoms with Crippen LogP contribution in [0.3, 0.4) is 0 Å². The van der Waals surface area contributed by atoms with Gasteiger partial charge in [-0.15, -0.1) is 21.5 Å². The average Bonchev–Trinajstić information content (AvgIpc) is 3.19. The van der Waals surface area contributed by atoms with Crippen LogP contribution < -0.4 is 5.32 Å². The molecule has 0 aliphatic carbocycles. The van der Waals surface area contributed by atoms with E-state index in [-0.39, 0.29) is 11.9 Å². The molecule has 0 spiro atoms. The van der Waals surface area contributed by atoms with Crippen molar-refractivity contribution in [2.24, 2.45) is 0 Å². The number of para-hydroxylation sites is 2. The summed E-state index contributed by atoms with van der Waals surface area (Å²) in [7, 11) is 0. The minimum atomic E-state index is -0.251. The summed E-state index contributed by atoms with van der Waals surface area (Å²) in [6.07, 6.45) is 2.22. The Morgan fingerprint density at radius 2 is 2.08 bits per heavy atom. The quantitative estimate of drug-likeness (QED) is 0.705. The smallest absolute Gasteiger partial charge is 0.243 e. The Bertz CT molecular complexity index is 869. The summed E-state index contributed by atoms with van der Waals surface area (Å²) < 4.78 is 2.08. The highest BCUT2D eigenvalue weighted by Crippen LogP contribution is 2.24. The zero-order valence-corrected chi connectivity index (χ0v) is 15.6. The van der Waals surface area contributed by atoms with Crippen LogP contribution >= 0.6 is 11.3 Å². The van der Waals surface area contributed by atoms with E-state index in [1.54, 1.807) is 11.3 Å². The van der Waals surface area contributed by atoms with Crippen molar-refractivity contribution in [2.45, 2.75) is 46.1 Å². The second-order valence-electron chi connectivity index (χ2n) is 5.92. The maximum absolute atomic E-state index is 12.8. The molecule has 25 heavy (non-hydrogen) atoms. The van der Waals surface area contributed by atoms with Gasteiger partial charge in [0.25, 0.3) is 0 Å². The Kier molecular flexibility index (Phi) is 5.43. The van der Waals surface area contributed by atoms with E-state index in [1.807, 2.05) is 38.1 Å². The second kappa shape index (κ2) is 7.74. The molecule has 0 radical (unpaired) electrons. The van der Waals surface area contributed by atoms with Gasteiger partial charge in [0.1, 0.15) is 21.9 Å². The number of carbonyl (C=O) groups is 1. The number of nitrogens with one attached hydrogen (secondary N) is 1. The van der Waals surface area contributed by atoms with Gasteiger partial charge in [-0.25, -0.2) is 4.98 Å². The number of carbonyl (C=O) groups excluding carboxylic acids is 1. The summed E-state index contributed by atoms with van der Waals surface area (Å²) in [6.45, 7) is 6.61. The molecule has 6 nitrogen and oxygen atoms in total. The number of aryl methyl sites for hydroxylation is 2. The number of imidazole rings is 1. The minimum absolute atomic E-state index is 0.0293. The van der Waals surface area contributed by atoms with Crippen LogP contribution in [0.25, 0.3) is 11.0 Å². The minimum Gasteiger partial charge on any atom is -0.354 e. The van der Waals surface area contributed by atoms with Crippen LogP contribution in [-0.2, 0) is 17.6 Å². The average molecular weight is 357 g/mol. The number of hydrogen-bond acceptors (Lipinski definition) is 5. The SMILES string of the molecule is CCc1nc2ccccc2n1[C@H](CC)C(=O)NCCc1nnc(C)s1. The molecule has 0 saturated heterocycles. The summed E-state index contributed by atoms with van der Waals surface area (Å²) in [6, 6.07) is 7.74. The van der Waals surface area contributed by atoms with Crippen LogP contribution in [0.5, 0.6) is 0 Å². The van der Waals surface area contributed by atoms with E-state index < -0.39 is 0 Å². The third-order valence-electron chi connectivity index (χ3n) is 4.19. The fraction of sp³-hybridized carbons (Fsp3) is 0.444. The topological polar surface area (TPSA) is 72.7 Å². The van der Waals surface area contributed by atoms with Crippen molar-refractivity contribution in [3.05, 3.63) is 40.1 Å². The van der Waals surface area contributed by atoms with Crippen LogP contribution in [0.2, 0.25) is 0 Å². The van der Waals surface area contributed by atoms with Gasteiger partial charge in [0.15, 0.2) is 0 Å². The molecule has 0 fully saturated rings. The Balaban J connectivity index is 1.76. The molecule has 0 bridgehead atoms. The van der Waals surface area contributed by atoms with Gasteiger partial charge in [0.2, 0.25) is 5.91 Å². The molecule has 1 aromatic carbocycles. The van der Waals surface area contributed by atoms with Gasteiger partial charge in [-0.05, 0) is 25.5 Å². The predicted molar refractivity (Wildman–Crippen MR) is 99.8 cm³/mol. The van der Waals surface area contributed by atoms with Gasteiger partial charge >= 0.3 is 0 Å². The highest BCUT2D eigenvalue weighted by atomic mass is 32.1. The number of nitrogens with zero attached hydrogens (tertiary/aromatic N) is 4. The first-order valence-electron chi connectivity index (χ1n) is 8.66. The Hall–Kier alpha value is -2.28. The molecule has 2 heterocycles. The van der Waals surface area contributed by atoms with E-state index in [0.29, 0.717) is 13.0 Å². The van der Waals surface area contributed by atoms with Crippen molar-refractivity contribution in [3.8, 4) is 0 Å². The third-order valence-corrected chi connectivity index (χ3v) is 5.09. The van der Waals surface area contributed by atoms with Crippen molar-refractivity contribution in [1.82, 2.24) is 25.1 Å². The van der Waals surface area contributed by atoms with Crippen LogP contribution in [-0.4, -0.2) is 32.2 Å². The number of hydrogen-bond donors (Lipinski definition) is 1. The molecule has 3 rings (SSSR count). The first-order chi connectivity index (χ1) is 12.1. The summed E-state index contributed by atoms with van der Waals surface area (Å²) in [5.41, 5.74) is 1.95. The fourth-order valence-corrected chi connectivity index (χ4v) is 3.73.